The van der Waals surface area contributed by atoms with Gasteiger partial charge in [0.25, 0.3) is 5.91 Å². The second-order valence-corrected chi connectivity index (χ2v) is 5.54. The van der Waals surface area contributed by atoms with E-state index in [0.29, 0.717) is 18.2 Å². The maximum absolute atomic E-state index is 12.3. The van der Waals surface area contributed by atoms with E-state index in [1.54, 1.807) is 18.0 Å². The first-order valence-electron chi connectivity index (χ1n) is 6.43. The molecule has 0 saturated carbocycles. The van der Waals surface area contributed by atoms with E-state index >= 15 is 0 Å². The van der Waals surface area contributed by atoms with Gasteiger partial charge in [0, 0.05) is 25.2 Å². The van der Waals surface area contributed by atoms with Crippen molar-refractivity contribution in [3.63, 3.8) is 0 Å². The zero-order chi connectivity index (χ0) is 14.0. The minimum atomic E-state index is -0.0674. The third-order valence-electron chi connectivity index (χ3n) is 3.70. The van der Waals surface area contributed by atoms with Crippen LogP contribution in [0, 0.1) is 0 Å². The highest BCUT2D eigenvalue weighted by atomic mass is 35.5. The molecule has 1 fully saturated rings. The number of hydrogen-bond donors (Lipinski definition) is 1. The van der Waals surface area contributed by atoms with E-state index in [-0.39, 0.29) is 16.7 Å². The summed E-state index contributed by atoms with van der Waals surface area (Å²) in [4.78, 5) is 16.3. The van der Waals surface area contributed by atoms with Crippen molar-refractivity contribution in [1.29, 1.82) is 0 Å². The van der Waals surface area contributed by atoms with Crippen molar-refractivity contribution in [1.82, 2.24) is 9.80 Å². The van der Waals surface area contributed by atoms with Gasteiger partial charge in [-0.3, -0.25) is 4.79 Å². The normalized spacial score (nSPS) is 19.6. The largest absolute Gasteiger partial charge is 0.506 e. The number of benzene rings is 1. The number of carbonyl (C=O) groups is 1. The zero-order valence-corrected chi connectivity index (χ0v) is 12.0. The summed E-state index contributed by atoms with van der Waals surface area (Å²) < 4.78 is 0. The molecule has 0 aliphatic carbocycles. The standard InChI is InChI=1S/C14H19ClN2O2/c1-16-7-3-4-11(16)9-17(2)14(19)10-5-6-13(18)12(15)8-10/h5-6,8,11,18H,3-4,7,9H2,1-2H3. The van der Waals surface area contributed by atoms with Gasteiger partial charge >= 0.3 is 0 Å². The van der Waals surface area contributed by atoms with E-state index in [9.17, 15) is 9.90 Å². The summed E-state index contributed by atoms with van der Waals surface area (Å²) in [5.74, 6) is -0.0707. The zero-order valence-electron chi connectivity index (χ0n) is 11.3. The summed E-state index contributed by atoms with van der Waals surface area (Å²) in [6, 6.07) is 4.99. The van der Waals surface area contributed by atoms with Crippen LogP contribution in [0.15, 0.2) is 18.2 Å². The van der Waals surface area contributed by atoms with Crippen molar-refractivity contribution in [3.8, 4) is 5.75 Å². The van der Waals surface area contributed by atoms with Gasteiger partial charge in [-0.15, -0.1) is 0 Å². The molecule has 2 rings (SSSR count). The van der Waals surface area contributed by atoms with Crippen LogP contribution in [0.2, 0.25) is 5.02 Å². The molecule has 1 amide bonds. The Morgan fingerprint density at radius 2 is 2.32 bits per heavy atom. The molecule has 104 valence electrons. The Morgan fingerprint density at radius 3 is 2.89 bits per heavy atom. The number of aromatic hydroxyl groups is 1. The van der Waals surface area contributed by atoms with E-state index in [0.717, 1.165) is 13.0 Å². The molecule has 19 heavy (non-hydrogen) atoms. The molecule has 0 aromatic heterocycles. The Labute approximate surface area is 118 Å². The highest BCUT2D eigenvalue weighted by molar-refractivity contribution is 6.32. The van der Waals surface area contributed by atoms with Gasteiger partial charge in [-0.2, -0.15) is 0 Å². The van der Waals surface area contributed by atoms with E-state index in [4.69, 9.17) is 11.6 Å². The van der Waals surface area contributed by atoms with E-state index in [2.05, 4.69) is 11.9 Å². The molecule has 0 spiro atoms. The van der Waals surface area contributed by atoms with Crippen molar-refractivity contribution in [3.05, 3.63) is 28.8 Å². The van der Waals surface area contributed by atoms with Gasteiger partial charge in [0.2, 0.25) is 0 Å². The van der Waals surface area contributed by atoms with Crippen LogP contribution in [-0.2, 0) is 0 Å². The molecule has 1 saturated heterocycles. The van der Waals surface area contributed by atoms with E-state index < -0.39 is 0 Å². The molecule has 0 radical (unpaired) electrons. The minimum Gasteiger partial charge on any atom is -0.506 e. The third kappa shape index (κ3) is 3.19. The Kier molecular flexibility index (Phi) is 4.32. The highest BCUT2D eigenvalue weighted by Gasteiger charge is 2.24. The maximum Gasteiger partial charge on any atom is 0.253 e. The van der Waals surface area contributed by atoms with Gasteiger partial charge < -0.3 is 14.9 Å². The van der Waals surface area contributed by atoms with Crippen LogP contribution in [0.25, 0.3) is 0 Å². The van der Waals surface area contributed by atoms with Gasteiger partial charge in [-0.05, 0) is 44.6 Å². The van der Waals surface area contributed by atoms with Crippen LogP contribution in [0.4, 0.5) is 0 Å². The molecule has 1 aliphatic heterocycles. The third-order valence-corrected chi connectivity index (χ3v) is 4.00. The van der Waals surface area contributed by atoms with Gasteiger partial charge in [-0.25, -0.2) is 0 Å². The van der Waals surface area contributed by atoms with Crippen LogP contribution in [-0.4, -0.2) is 54.0 Å². The fourth-order valence-corrected chi connectivity index (χ4v) is 2.65. The van der Waals surface area contributed by atoms with Crippen LogP contribution in [0.1, 0.15) is 23.2 Å². The lowest BCUT2D eigenvalue weighted by atomic mass is 10.1. The number of nitrogens with zero attached hydrogens (tertiary/aromatic N) is 2. The van der Waals surface area contributed by atoms with Gasteiger partial charge in [0.05, 0.1) is 5.02 Å². The predicted octanol–water partition coefficient (Wildman–Crippen LogP) is 2.21. The van der Waals surface area contributed by atoms with Crippen LogP contribution in [0.3, 0.4) is 0 Å². The predicted molar refractivity (Wildman–Crippen MR) is 75.7 cm³/mol. The molecule has 1 aromatic rings. The second-order valence-electron chi connectivity index (χ2n) is 5.13. The summed E-state index contributed by atoms with van der Waals surface area (Å²) >= 11 is 5.83. The lowest BCUT2D eigenvalue weighted by Gasteiger charge is -2.26. The molecule has 1 unspecified atom stereocenters. The van der Waals surface area contributed by atoms with Crippen molar-refractivity contribution in [2.45, 2.75) is 18.9 Å². The van der Waals surface area contributed by atoms with E-state index in [1.807, 2.05) is 0 Å². The quantitative estimate of drug-likeness (QED) is 0.924. The average Bonchev–Trinajstić information content (AvgIpc) is 2.77. The molecule has 1 aromatic carbocycles. The fraction of sp³-hybridized carbons (Fsp3) is 0.500. The maximum atomic E-state index is 12.3. The number of likely N-dealkylation sites (tertiary alicyclic amines) is 1. The minimum absolute atomic E-state index is 0.00334. The first kappa shape index (κ1) is 14.2. The number of likely N-dealkylation sites (N-methyl/N-ethyl adjacent to an activating group) is 2. The number of halogens is 1. The highest BCUT2D eigenvalue weighted by Crippen LogP contribution is 2.24. The lowest BCUT2D eigenvalue weighted by Crippen LogP contribution is -2.39. The lowest BCUT2D eigenvalue weighted by molar-refractivity contribution is 0.0761. The van der Waals surface area contributed by atoms with Crippen molar-refractivity contribution < 1.29 is 9.90 Å². The monoisotopic (exact) mass is 282 g/mol. The molecule has 1 heterocycles. The van der Waals surface area contributed by atoms with Crippen molar-refractivity contribution in [2.75, 3.05) is 27.2 Å². The number of phenolic OH excluding ortho intramolecular Hbond substituents is 1. The summed E-state index contributed by atoms with van der Waals surface area (Å²) in [7, 11) is 3.89. The molecule has 5 heteroatoms. The SMILES string of the molecule is CN(CC1CCCN1C)C(=O)c1ccc(O)c(Cl)c1. The first-order chi connectivity index (χ1) is 8.99. The summed E-state index contributed by atoms with van der Waals surface area (Å²) in [5.41, 5.74) is 0.506. The van der Waals surface area contributed by atoms with Crippen LogP contribution < -0.4 is 0 Å². The van der Waals surface area contributed by atoms with Crippen molar-refractivity contribution >= 4 is 17.5 Å². The Hall–Kier alpha value is -1.26. The average molecular weight is 283 g/mol. The smallest absolute Gasteiger partial charge is 0.253 e. The molecule has 0 bridgehead atoms. The number of rotatable bonds is 3. The molecule has 1 N–H and O–H groups in total. The second kappa shape index (κ2) is 5.80. The van der Waals surface area contributed by atoms with Gasteiger partial charge in [0.15, 0.2) is 0 Å². The first-order valence-corrected chi connectivity index (χ1v) is 6.81. The number of carbonyl (C=O) groups excluding carboxylic acids is 1. The summed E-state index contributed by atoms with van der Waals surface area (Å²) in [6.07, 6.45) is 2.32. The Morgan fingerprint density at radius 1 is 1.58 bits per heavy atom. The van der Waals surface area contributed by atoms with Crippen molar-refractivity contribution in [2.24, 2.45) is 0 Å². The Bertz CT molecular complexity index is 479. The van der Waals surface area contributed by atoms with Gasteiger partial charge in [-0.1, -0.05) is 11.6 Å². The summed E-state index contributed by atoms with van der Waals surface area (Å²) in [5, 5.41) is 9.57. The Balaban J connectivity index is 2.03. The fourth-order valence-electron chi connectivity index (χ4n) is 2.47. The number of amides is 1. The molecule has 1 aliphatic rings. The summed E-state index contributed by atoms with van der Waals surface area (Å²) in [6.45, 7) is 1.81. The van der Waals surface area contributed by atoms with Gasteiger partial charge in [0.1, 0.15) is 5.75 Å². The molecule has 4 nitrogen and oxygen atoms in total. The van der Waals surface area contributed by atoms with E-state index in [1.165, 1.54) is 18.6 Å². The molecule has 1 atom stereocenters. The van der Waals surface area contributed by atoms with Crippen LogP contribution in [0.5, 0.6) is 5.75 Å². The molecular formula is C14H19ClN2O2. The number of phenols is 1. The number of hydrogen-bond acceptors (Lipinski definition) is 3. The molecular weight excluding hydrogens is 264 g/mol. The topological polar surface area (TPSA) is 43.8 Å². The van der Waals surface area contributed by atoms with Crippen LogP contribution >= 0.6 is 11.6 Å².